The van der Waals surface area contributed by atoms with Gasteiger partial charge in [0, 0.05) is 11.3 Å². The third-order valence-electron chi connectivity index (χ3n) is 3.60. The summed E-state index contributed by atoms with van der Waals surface area (Å²) in [5.41, 5.74) is 2.88. The number of nitrogens with one attached hydrogen (secondary N) is 2. The molecule has 2 atom stereocenters. The highest BCUT2D eigenvalue weighted by atomic mass is 32.2. The first-order valence-corrected chi connectivity index (χ1v) is 7.46. The summed E-state index contributed by atoms with van der Waals surface area (Å²) in [6, 6.07) is 9.07. The number of H-pyrrole nitrogens is 1. The molecule has 0 spiro atoms. The van der Waals surface area contributed by atoms with E-state index >= 15 is 0 Å². The molecule has 2 aromatic rings. The second kappa shape index (κ2) is 5.35. The zero-order valence-electron chi connectivity index (χ0n) is 11.2. The topological polar surface area (TPSA) is 53.6 Å². The number of aromatic amines is 1. The van der Waals surface area contributed by atoms with Crippen LogP contribution >= 0.6 is 11.8 Å². The molecule has 0 fully saturated rings. The summed E-state index contributed by atoms with van der Waals surface area (Å²) >= 11 is 1.77. The summed E-state index contributed by atoms with van der Waals surface area (Å²) in [5.74, 6) is 0.875. The van der Waals surface area contributed by atoms with Crippen LogP contribution in [0.4, 0.5) is 0 Å². The van der Waals surface area contributed by atoms with E-state index in [0.717, 1.165) is 23.8 Å². The molecule has 2 unspecified atom stereocenters. The fourth-order valence-electron chi connectivity index (χ4n) is 2.71. The van der Waals surface area contributed by atoms with Gasteiger partial charge < -0.3 is 5.32 Å². The average Bonchev–Trinajstić information content (AvgIpc) is 2.84. The Labute approximate surface area is 117 Å². The van der Waals surface area contributed by atoms with Crippen LogP contribution in [-0.2, 0) is 6.42 Å². The van der Waals surface area contributed by atoms with Crippen LogP contribution in [0.1, 0.15) is 29.4 Å². The van der Waals surface area contributed by atoms with Crippen molar-refractivity contribution < 1.29 is 0 Å². The van der Waals surface area contributed by atoms with Gasteiger partial charge in [-0.25, -0.2) is 4.98 Å². The van der Waals surface area contributed by atoms with E-state index in [1.165, 1.54) is 11.1 Å². The molecule has 19 heavy (non-hydrogen) atoms. The SMILES string of the molecule is CNC1c2ccccc2CCC1Sc1n[nH]c(C)n1. The van der Waals surface area contributed by atoms with Crippen molar-refractivity contribution in [1.82, 2.24) is 20.5 Å². The first-order valence-electron chi connectivity index (χ1n) is 6.58. The molecule has 0 saturated carbocycles. The first-order chi connectivity index (χ1) is 9.28. The maximum atomic E-state index is 4.40. The van der Waals surface area contributed by atoms with E-state index in [0.29, 0.717) is 11.3 Å². The number of thioether (sulfide) groups is 1. The second-order valence-electron chi connectivity index (χ2n) is 4.86. The maximum Gasteiger partial charge on any atom is 0.208 e. The van der Waals surface area contributed by atoms with Gasteiger partial charge in [-0.2, -0.15) is 0 Å². The molecule has 0 saturated heterocycles. The van der Waals surface area contributed by atoms with Gasteiger partial charge in [-0.05, 0) is 37.9 Å². The molecule has 0 bridgehead atoms. The second-order valence-corrected chi connectivity index (χ2v) is 6.07. The number of hydrogen-bond acceptors (Lipinski definition) is 4. The van der Waals surface area contributed by atoms with Gasteiger partial charge in [-0.15, -0.1) is 5.10 Å². The van der Waals surface area contributed by atoms with Crippen molar-refractivity contribution in [1.29, 1.82) is 0 Å². The van der Waals surface area contributed by atoms with E-state index in [9.17, 15) is 0 Å². The van der Waals surface area contributed by atoms with Crippen molar-refractivity contribution in [2.75, 3.05) is 7.05 Å². The molecule has 0 radical (unpaired) electrons. The molecule has 1 aromatic heterocycles. The minimum absolute atomic E-state index is 0.369. The van der Waals surface area contributed by atoms with Crippen LogP contribution in [0.2, 0.25) is 0 Å². The third-order valence-corrected chi connectivity index (χ3v) is 4.81. The Morgan fingerprint density at radius 1 is 1.37 bits per heavy atom. The first kappa shape index (κ1) is 12.7. The quantitative estimate of drug-likeness (QED) is 0.903. The number of rotatable bonds is 3. The summed E-state index contributed by atoms with van der Waals surface area (Å²) in [6.45, 7) is 1.93. The number of nitrogens with zero attached hydrogens (tertiary/aromatic N) is 2. The number of aromatic nitrogens is 3. The summed E-state index contributed by atoms with van der Waals surface area (Å²) in [5, 5.41) is 11.9. The number of benzene rings is 1. The van der Waals surface area contributed by atoms with Crippen molar-refractivity contribution in [3.8, 4) is 0 Å². The van der Waals surface area contributed by atoms with Crippen LogP contribution < -0.4 is 5.32 Å². The summed E-state index contributed by atoms with van der Waals surface area (Å²) in [6.07, 6.45) is 2.29. The smallest absolute Gasteiger partial charge is 0.208 e. The van der Waals surface area contributed by atoms with Crippen LogP contribution in [0, 0.1) is 6.92 Å². The van der Waals surface area contributed by atoms with Crippen molar-refractivity contribution in [2.24, 2.45) is 0 Å². The molecule has 1 aliphatic carbocycles. The van der Waals surface area contributed by atoms with Gasteiger partial charge in [0.1, 0.15) is 5.82 Å². The Morgan fingerprint density at radius 3 is 2.95 bits per heavy atom. The predicted molar refractivity (Wildman–Crippen MR) is 77.3 cm³/mol. The maximum absolute atomic E-state index is 4.40. The van der Waals surface area contributed by atoms with Gasteiger partial charge in [0.2, 0.25) is 5.16 Å². The van der Waals surface area contributed by atoms with E-state index in [4.69, 9.17) is 0 Å². The standard InChI is InChI=1S/C14H18N4S/c1-9-16-14(18-17-9)19-12-8-7-10-5-3-4-6-11(10)13(12)15-2/h3-6,12-13,15H,7-8H2,1-2H3,(H,16,17,18). The molecule has 4 nitrogen and oxygen atoms in total. The van der Waals surface area contributed by atoms with Crippen molar-refractivity contribution >= 4 is 11.8 Å². The van der Waals surface area contributed by atoms with Crippen LogP contribution in [0.5, 0.6) is 0 Å². The van der Waals surface area contributed by atoms with Gasteiger partial charge in [0.05, 0.1) is 0 Å². The van der Waals surface area contributed by atoms with Crippen LogP contribution in [0.3, 0.4) is 0 Å². The highest BCUT2D eigenvalue weighted by Crippen LogP contribution is 2.38. The fourth-order valence-corrected chi connectivity index (χ4v) is 3.92. The highest BCUT2D eigenvalue weighted by Gasteiger charge is 2.29. The van der Waals surface area contributed by atoms with Gasteiger partial charge in [0.15, 0.2) is 0 Å². The molecule has 1 aliphatic rings. The Balaban J connectivity index is 1.84. The van der Waals surface area contributed by atoms with Gasteiger partial charge in [-0.3, -0.25) is 5.10 Å². The third kappa shape index (κ3) is 2.53. The molecule has 3 rings (SSSR count). The minimum atomic E-state index is 0.369. The molecule has 0 aliphatic heterocycles. The molecule has 5 heteroatoms. The van der Waals surface area contributed by atoms with Crippen molar-refractivity contribution in [3.63, 3.8) is 0 Å². The van der Waals surface area contributed by atoms with Crippen LogP contribution in [0.15, 0.2) is 29.4 Å². The number of fused-ring (bicyclic) bond motifs is 1. The van der Waals surface area contributed by atoms with E-state index in [1.807, 2.05) is 14.0 Å². The molecule has 1 heterocycles. The Kier molecular flexibility index (Phi) is 3.57. The molecular formula is C14H18N4S. The monoisotopic (exact) mass is 274 g/mol. The van der Waals surface area contributed by atoms with Gasteiger partial charge in [-0.1, -0.05) is 36.0 Å². The van der Waals surface area contributed by atoms with E-state index < -0.39 is 0 Å². The summed E-state index contributed by atoms with van der Waals surface area (Å²) in [4.78, 5) is 4.40. The highest BCUT2D eigenvalue weighted by molar-refractivity contribution is 7.99. The van der Waals surface area contributed by atoms with Crippen molar-refractivity contribution in [2.45, 2.75) is 36.2 Å². The predicted octanol–water partition coefficient (Wildman–Crippen LogP) is 2.48. The Bertz CT molecular complexity index is 566. The zero-order valence-corrected chi connectivity index (χ0v) is 12.0. The fraction of sp³-hybridized carbons (Fsp3) is 0.429. The normalized spacial score (nSPS) is 22.2. The molecule has 100 valence electrons. The van der Waals surface area contributed by atoms with E-state index in [1.54, 1.807) is 11.8 Å². The number of aryl methyl sites for hydroxylation is 2. The molecule has 0 amide bonds. The largest absolute Gasteiger partial charge is 0.312 e. The van der Waals surface area contributed by atoms with Crippen LogP contribution in [-0.4, -0.2) is 27.5 Å². The van der Waals surface area contributed by atoms with E-state index in [-0.39, 0.29) is 0 Å². The van der Waals surface area contributed by atoms with Gasteiger partial charge >= 0.3 is 0 Å². The summed E-state index contributed by atoms with van der Waals surface area (Å²) in [7, 11) is 2.03. The zero-order chi connectivity index (χ0) is 13.2. The summed E-state index contributed by atoms with van der Waals surface area (Å²) < 4.78 is 0. The molecule has 2 N–H and O–H groups in total. The number of hydrogen-bond donors (Lipinski definition) is 2. The minimum Gasteiger partial charge on any atom is -0.312 e. The Hall–Kier alpha value is -1.33. The van der Waals surface area contributed by atoms with Crippen molar-refractivity contribution in [3.05, 3.63) is 41.2 Å². The molecule has 1 aromatic carbocycles. The molecular weight excluding hydrogens is 256 g/mol. The lowest BCUT2D eigenvalue weighted by atomic mass is 9.87. The lowest BCUT2D eigenvalue weighted by Gasteiger charge is -2.32. The van der Waals surface area contributed by atoms with Gasteiger partial charge in [0.25, 0.3) is 0 Å². The lowest BCUT2D eigenvalue weighted by molar-refractivity contribution is 0.509. The lowest BCUT2D eigenvalue weighted by Crippen LogP contribution is -2.32. The Morgan fingerprint density at radius 2 is 2.21 bits per heavy atom. The van der Waals surface area contributed by atoms with E-state index in [2.05, 4.69) is 44.8 Å². The van der Waals surface area contributed by atoms with Crippen LogP contribution in [0.25, 0.3) is 0 Å². The average molecular weight is 274 g/mol.